The van der Waals surface area contributed by atoms with Gasteiger partial charge in [-0.3, -0.25) is 9.52 Å². The third kappa shape index (κ3) is 5.68. The number of fused-ring (bicyclic) bond motifs is 1. The summed E-state index contributed by atoms with van der Waals surface area (Å²) in [5, 5.41) is 7.39. The molecule has 198 valence electrons. The van der Waals surface area contributed by atoms with Crippen molar-refractivity contribution in [1.82, 2.24) is 19.9 Å². The van der Waals surface area contributed by atoms with E-state index in [0.29, 0.717) is 22.8 Å². The normalized spacial score (nSPS) is 13.9. The van der Waals surface area contributed by atoms with Crippen LogP contribution in [-0.2, 0) is 10.0 Å². The van der Waals surface area contributed by atoms with Crippen LogP contribution in [0.2, 0.25) is 5.02 Å². The molecular weight excluding hydrogens is 526 g/mol. The van der Waals surface area contributed by atoms with Gasteiger partial charge in [-0.1, -0.05) is 23.7 Å². The molecule has 1 saturated heterocycles. The highest BCUT2D eigenvalue weighted by Crippen LogP contribution is 2.31. The number of carbonyl (C=O) groups excluding carboxylic acids is 1. The number of aromatic nitrogens is 3. The van der Waals surface area contributed by atoms with E-state index in [9.17, 15) is 13.2 Å². The van der Waals surface area contributed by atoms with Crippen molar-refractivity contribution in [2.45, 2.75) is 26.2 Å². The van der Waals surface area contributed by atoms with Crippen LogP contribution in [0.4, 0.5) is 28.8 Å². The van der Waals surface area contributed by atoms with Crippen LogP contribution >= 0.6 is 11.6 Å². The maximum atomic E-state index is 13.2. The Morgan fingerprint density at radius 3 is 2.53 bits per heavy atom. The van der Waals surface area contributed by atoms with E-state index in [2.05, 4.69) is 30.3 Å². The summed E-state index contributed by atoms with van der Waals surface area (Å²) in [5.41, 5.74) is 3.96. The van der Waals surface area contributed by atoms with Crippen LogP contribution in [0, 0.1) is 6.92 Å². The highest BCUT2D eigenvalue weighted by molar-refractivity contribution is 7.92. The number of aromatic amines is 1. The summed E-state index contributed by atoms with van der Waals surface area (Å²) in [6, 6.07) is 12.5. The molecule has 38 heavy (non-hydrogen) atoms. The van der Waals surface area contributed by atoms with Gasteiger partial charge >= 0.3 is 0 Å². The molecule has 0 atom stereocenters. The Morgan fingerprint density at radius 2 is 1.79 bits per heavy atom. The summed E-state index contributed by atoms with van der Waals surface area (Å²) in [4.78, 5) is 27.2. The Bertz CT molecular complexity index is 1610. The molecular formula is C26H28ClN7O3S. The topological polar surface area (TPSA) is 132 Å². The van der Waals surface area contributed by atoms with E-state index in [1.54, 1.807) is 24.3 Å². The highest BCUT2D eigenvalue weighted by atomic mass is 35.5. The lowest BCUT2D eigenvalue weighted by molar-refractivity contribution is 0.0725. The standard InChI is InChI=1S/C26H28ClN7O3S/c1-16-23(25(35)34-12-6-3-7-13-34)18-11-10-17(14-22(18)29-16)30-26-28-15-19(27)24(32-26)31-20-8-4-5-9-21(20)33-38(2,36)37/h4-5,8-11,14-15,29,33H,3,6-7,12-13H2,1-2H3,(H2,28,30,31,32). The second-order valence-corrected chi connectivity index (χ2v) is 11.5. The number of anilines is 5. The zero-order chi connectivity index (χ0) is 26.9. The van der Waals surface area contributed by atoms with Crippen molar-refractivity contribution in [3.8, 4) is 0 Å². The van der Waals surface area contributed by atoms with Crippen molar-refractivity contribution in [2.24, 2.45) is 0 Å². The van der Waals surface area contributed by atoms with Crippen molar-refractivity contribution in [1.29, 1.82) is 0 Å². The van der Waals surface area contributed by atoms with E-state index in [1.165, 1.54) is 12.6 Å². The van der Waals surface area contributed by atoms with Gasteiger partial charge in [-0.15, -0.1) is 0 Å². The van der Waals surface area contributed by atoms with Crippen molar-refractivity contribution in [3.05, 3.63) is 64.9 Å². The van der Waals surface area contributed by atoms with Crippen LogP contribution in [0.5, 0.6) is 0 Å². The van der Waals surface area contributed by atoms with Crippen LogP contribution in [-0.4, -0.2) is 53.5 Å². The number of rotatable bonds is 7. The maximum absolute atomic E-state index is 13.2. The smallest absolute Gasteiger partial charge is 0.256 e. The Hall–Kier alpha value is -3.83. The van der Waals surface area contributed by atoms with Gasteiger partial charge in [0, 0.05) is 35.4 Å². The summed E-state index contributed by atoms with van der Waals surface area (Å²) in [5.74, 6) is 0.660. The average molecular weight is 554 g/mol. The van der Waals surface area contributed by atoms with Crippen LogP contribution in [0.15, 0.2) is 48.7 Å². The first-order valence-electron chi connectivity index (χ1n) is 12.2. The van der Waals surface area contributed by atoms with Gasteiger partial charge < -0.3 is 20.5 Å². The molecule has 1 aliphatic heterocycles. The number of amides is 1. The molecule has 2 aromatic heterocycles. The summed E-state index contributed by atoms with van der Waals surface area (Å²) in [7, 11) is -3.48. The molecule has 12 heteroatoms. The lowest BCUT2D eigenvalue weighted by atomic mass is 10.1. The fourth-order valence-electron chi connectivity index (χ4n) is 4.59. The first-order valence-corrected chi connectivity index (χ1v) is 14.5. The van der Waals surface area contributed by atoms with Crippen molar-refractivity contribution in [2.75, 3.05) is 34.7 Å². The number of halogens is 1. The number of para-hydroxylation sites is 2. The summed E-state index contributed by atoms with van der Waals surface area (Å²) in [6.07, 6.45) is 5.79. The summed E-state index contributed by atoms with van der Waals surface area (Å²) >= 11 is 6.33. The molecule has 4 aromatic rings. The van der Waals surface area contributed by atoms with Gasteiger partial charge in [-0.05, 0) is 56.5 Å². The SMILES string of the molecule is Cc1[nH]c2cc(Nc3ncc(Cl)c(Nc4ccccc4NS(C)(=O)=O)n3)ccc2c1C(=O)N1CCCCC1. The molecule has 0 bridgehead atoms. The monoisotopic (exact) mass is 553 g/mol. The van der Waals surface area contributed by atoms with Gasteiger partial charge in [-0.2, -0.15) is 4.98 Å². The van der Waals surface area contributed by atoms with Crippen molar-refractivity contribution in [3.63, 3.8) is 0 Å². The lowest BCUT2D eigenvalue weighted by Crippen LogP contribution is -2.35. The highest BCUT2D eigenvalue weighted by Gasteiger charge is 2.23. The second-order valence-electron chi connectivity index (χ2n) is 9.30. The first kappa shape index (κ1) is 25.8. The second kappa shape index (κ2) is 10.5. The number of nitrogens with one attached hydrogen (secondary N) is 4. The molecule has 2 aromatic carbocycles. The Balaban J connectivity index is 1.38. The predicted octanol–water partition coefficient (Wildman–Crippen LogP) is 5.40. The fourth-order valence-corrected chi connectivity index (χ4v) is 5.31. The quantitative estimate of drug-likeness (QED) is 0.241. The van der Waals surface area contributed by atoms with E-state index in [-0.39, 0.29) is 16.9 Å². The largest absolute Gasteiger partial charge is 0.358 e. The molecule has 3 heterocycles. The van der Waals surface area contributed by atoms with Gasteiger partial charge in [0.05, 0.1) is 29.4 Å². The number of carbonyl (C=O) groups is 1. The van der Waals surface area contributed by atoms with Crippen LogP contribution in [0.1, 0.15) is 35.3 Å². The predicted molar refractivity (Wildman–Crippen MR) is 151 cm³/mol. The summed E-state index contributed by atoms with van der Waals surface area (Å²) < 4.78 is 26.0. The van der Waals surface area contributed by atoms with Crippen molar-refractivity contribution >= 4 is 67.3 Å². The van der Waals surface area contributed by atoms with E-state index < -0.39 is 10.0 Å². The van der Waals surface area contributed by atoms with E-state index >= 15 is 0 Å². The third-order valence-corrected chi connectivity index (χ3v) is 7.19. The number of hydrogen-bond donors (Lipinski definition) is 4. The average Bonchev–Trinajstić information content (AvgIpc) is 3.21. The maximum Gasteiger partial charge on any atom is 0.256 e. The van der Waals surface area contributed by atoms with E-state index in [1.807, 2.05) is 30.0 Å². The molecule has 1 amide bonds. The molecule has 10 nitrogen and oxygen atoms in total. The molecule has 0 radical (unpaired) electrons. The Morgan fingerprint density at radius 1 is 1.05 bits per heavy atom. The number of aryl methyl sites for hydroxylation is 1. The van der Waals surface area contributed by atoms with Crippen LogP contribution in [0.25, 0.3) is 10.9 Å². The number of benzene rings is 2. The third-order valence-electron chi connectivity index (χ3n) is 6.32. The zero-order valence-corrected chi connectivity index (χ0v) is 22.6. The number of H-pyrrole nitrogens is 1. The van der Waals surface area contributed by atoms with E-state index in [4.69, 9.17) is 11.6 Å². The van der Waals surface area contributed by atoms with Gasteiger partial charge in [0.1, 0.15) is 5.02 Å². The molecule has 1 fully saturated rings. The molecule has 0 saturated carbocycles. The molecule has 1 aliphatic rings. The van der Waals surface area contributed by atoms with Gasteiger partial charge in [-0.25, -0.2) is 13.4 Å². The number of sulfonamides is 1. The molecule has 0 aliphatic carbocycles. The van der Waals surface area contributed by atoms with Crippen LogP contribution in [0.3, 0.4) is 0 Å². The number of hydrogen-bond acceptors (Lipinski definition) is 7. The van der Waals surface area contributed by atoms with Gasteiger partial charge in [0.2, 0.25) is 16.0 Å². The molecule has 0 unspecified atom stereocenters. The van der Waals surface area contributed by atoms with Gasteiger partial charge in [0.25, 0.3) is 5.91 Å². The number of piperidine rings is 1. The number of nitrogens with zero attached hydrogens (tertiary/aromatic N) is 3. The van der Waals surface area contributed by atoms with Crippen LogP contribution < -0.4 is 15.4 Å². The minimum Gasteiger partial charge on any atom is -0.358 e. The van der Waals surface area contributed by atoms with E-state index in [0.717, 1.165) is 54.5 Å². The summed E-state index contributed by atoms with van der Waals surface area (Å²) in [6.45, 7) is 3.51. The lowest BCUT2D eigenvalue weighted by Gasteiger charge is -2.26. The minimum atomic E-state index is -3.48. The van der Waals surface area contributed by atoms with Crippen molar-refractivity contribution < 1.29 is 13.2 Å². The minimum absolute atomic E-state index is 0.0663. The fraction of sp³-hybridized carbons (Fsp3) is 0.269. The number of likely N-dealkylation sites (tertiary alicyclic amines) is 1. The first-order chi connectivity index (χ1) is 18.2. The molecule has 4 N–H and O–H groups in total. The van der Waals surface area contributed by atoms with Gasteiger partial charge in [0.15, 0.2) is 5.82 Å². The zero-order valence-electron chi connectivity index (χ0n) is 21.0. The molecule has 0 spiro atoms. The molecule has 5 rings (SSSR count). The Labute approximate surface area is 225 Å². The Kier molecular flexibility index (Phi) is 7.13.